The molecule has 0 aliphatic carbocycles. The van der Waals surface area contributed by atoms with E-state index in [1.807, 2.05) is 29.1 Å². The van der Waals surface area contributed by atoms with E-state index in [0.717, 1.165) is 25.2 Å². The van der Waals surface area contributed by atoms with Crippen molar-refractivity contribution in [2.45, 2.75) is 13.0 Å². The van der Waals surface area contributed by atoms with Crippen LogP contribution in [0.2, 0.25) is 5.02 Å². The summed E-state index contributed by atoms with van der Waals surface area (Å²) in [4.78, 5) is 0. The summed E-state index contributed by atoms with van der Waals surface area (Å²) >= 11 is 6.05. The van der Waals surface area contributed by atoms with E-state index in [0.29, 0.717) is 10.7 Å². The summed E-state index contributed by atoms with van der Waals surface area (Å²) in [6.45, 7) is 1.75. The molecule has 0 fully saturated rings. The van der Waals surface area contributed by atoms with Crippen molar-refractivity contribution < 1.29 is 0 Å². The van der Waals surface area contributed by atoms with Gasteiger partial charge in [0, 0.05) is 31.2 Å². The number of benzene rings is 1. The molecule has 5 heteroatoms. The van der Waals surface area contributed by atoms with Crippen molar-refractivity contribution in [1.82, 2.24) is 9.78 Å². The van der Waals surface area contributed by atoms with E-state index in [1.54, 1.807) is 12.3 Å². The summed E-state index contributed by atoms with van der Waals surface area (Å²) in [5.41, 5.74) is 7.22. The number of aryl methyl sites for hydroxylation is 1. The summed E-state index contributed by atoms with van der Waals surface area (Å²) in [7, 11) is 0. The molecular weight excluding hydrogens is 236 g/mol. The normalized spacial score (nSPS) is 10.4. The number of halogens is 1. The Labute approximate surface area is 105 Å². The number of rotatable bonds is 5. The Morgan fingerprint density at radius 2 is 2.29 bits per heavy atom. The van der Waals surface area contributed by atoms with Gasteiger partial charge >= 0.3 is 0 Å². The highest BCUT2D eigenvalue weighted by Gasteiger charge is 1.99. The summed E-state index contributed by atoms with van der Waals surface area (Å²) in [5.74, 6) is 0. The highest BCUT2D eigenvalue weighted by molar-refractivity contribution is 6.33. The Morgan fingerprint density at radius 1 is 1.41 bits per heavy atom. The van der Waals surface area contributed by atoms with E-state index in [2.05, 4.69) is 10.4 Å². The Kier molecular flexibility index (Phi) is 3.88. The lowest BCUT2D eigenvalue weighted by molar-refractivity contribution is 0.592. The third-order valence-electron chi connectivity index (χ3n) is 2.43. The molecule has 1 heterocycles. The van der Waals surface area contributed by atoms with Gasteiger partial charge in [-0.3, -0.25) is 4.68 Å². The fourth-order valence-electron chi connectivity index (χ4n) is 1.57. The molecule has 0 atom stereocenters. The van der Waals surface area contributed by atoms with Gasteiger partial charge in [-0.25, -0.2) is 0 Å². The number of aromatic nitrogens is 2. The standard InChI is InChI=1S/C12H15ClN4/c13-11-9-10(14)3-4-12(11)15-5-1-7-17-8-2-6-16-17/h2-4,6,8-9,15H,1,5,7,14H2. The first-order chi connectivity index (χ1) is 8.25. The number of nitrogens with one attached hydrogen (secondary N) is 1. The third kappa shape index (κ3) is 3.39. The van der Waals surface area contributed by atoms with Gasteiger partial charge in [0.1, 0.15) is 0 Å². The molecule has 90 valence electrons. The fraction of sp³-hybridized carbons (Fsp3) is 0.250. The molecule has 0 amide bonds. The highest BCUT2D eigenvalue weighted by atomic mass is 35.5. The van der Waals surface area contributed by atoms with Gasteiger partial charge in [-0.2, -0.15) is 5.10 Å². The second-order valence-electron chi connectivity index (χ2n) is 3.79. The maximum Gasteiger partial charge on any atom is 0.0657 e. The topological polar surface area (TPSA) is 55.9 Å². The van der Waals surface area contributed by atoms with Crippen LogP contribution in [0.25, 0.3) is 0 Å². The minimum atomic E-state index is 0.657. The minimum Gasteiger partial charge on any atom is -0.399 e. The molecule has 2 aromatic rings. The molecule has 17 heavy (non-hydrogen) atoms. The molecular formula is C12H15ClN4. The minimum absolute atomic E-state index is 0.657. The Balaban J connectivity index is 1.78. The molecule has 3 N–H and O–H groups in total. The molecule has 0 aliphatic rings. The largest absolute Gasteiger partial charge is 0.399 e. The zero-order valence-corrected chi connectivity index (χ0v) is 10.2. The predicted molar refractivity (Wildman–Crippen MR) is 71.2 cm³/mol. The lowest BCUT2D eigenvalue weighted by atomic mass is 10.3. The highest BCUT2D eigenvalue weighted by Crippen LogP contribution is 2.23. The zero-order chi connectivity index (χ0) is 12.1. The lowest BCUT2D eigenvalue weighted by Crippen LogP contribution is -2.07. The zero-order valence-electron chi connectivity index (χ0n) is 9.44. The van der Waals surface area contributed by atoms with Crippen LogP contribution < -0.4 is 11.1 Å². The van der Waals surface area contributed by atoms with Crippen molar-refractivity contribution in [3.8, 4) is 0 Å². The van der Waals surface area contributed by atoms with Crippen LogP contribution in [0.5, 0.6) is 0 Å². The molecule has 0 unspecified atom stereocenters. The van der Waals surface area contributed by atoms with Crippen molar-refractivity contribution in [3.63, 3.8) is 0 Å². The maximum atomic E-state index is 6.05. The number of hydrogen-bond donors (Lipinski definition) is 2. The average Bonchev–Trinajstić information content (AvgIpc) is 2.79. The van der Waals surface area contributed by atoms with E-state index in [-0.39, 0.29) is 0 Å². The summed E-state index contributed by atoms with van der Waals surface area (Å²) in [5, 5.41) is 8.07. The van der Waals surface area contributed by atoms with E-state index < -0.39 is 0 Å². The number of nitrogen functional groups attached to an aromatic ring is 1. The van der Waals surface area contributed by atoms with E-state index >= 15 is 0 Å². The van der Waals surface area contributed by atoms with E-state index in [9.17, 15) is 0 Å². The van der Waals surface area contributed by atoms with Crippen molar-refractivity contribution in [2.24, 2.45) is 0 Å². The Morgan fingerprint density at radius 3 is 3.00 bits per heavy atom. The van der Waals surface area contributed by atoms with Gasteiger partial charge in [-0.15, -0.1) is 0 Å². The summed E-state index contributed by atoms with van der Waals surface area (Å²) < 4.78 is 1.91. The monoisotopic (exact) mass is 250 g/mol. The number of nitrogens with two attached hydrogens (primary N) is 1. The van der Waals surface area contributed by atoms with Crippen molar-refractivity contribution >= 4 is 23.0 Å². The van der Waals surface area contributed by atoms with E-state index in [4.69, 9.17) is 17.3 Å². The van der Waals surface area contributed by atoms with Gasteiger partial charge in [0.25, 0.3) is 0 Å². The van der Waals surface area contributed by atoms with Gasteiger partial charge in [-0.1, -0.05) is 11.6 Å². The number of anilines is 2. The van der Waals surface area contributed by atoms with Gasteiger partial charge in [0.05, 0.1) is 10.7 Å². The van der Waals surface area contributed by atoms with E-state index in [1.165, 1.54) is 0 Å². The summed E-state index contributed by atoms with van der Waals surface area (Å²) in [6.07, 6.45) is 4.73. The predicted octanol–water partition coefficient (Wildman–Crippen LogP) is 2.62. The van der Waals surface area contributed by atoms with Crippen LogP contribution in [0, 0.1) is 0 Å². The van der Waals surface area contributed by atoms with Gasteiger partial charge < -0.3 is 11.1 Å². The molecule has 0 radical (unpaired) electrons. The van der Waals surface area contributed by atoms with Crippen LogP contribution in [-0.2, 0) is 6.54 Å². The van der Waals surface area contributed by atoms with Crippen LogP contribution in [0.15, 0.2) is 36.7 Å². The SMILES string of the molecule is Nc1ccc(NCCCn2cccn2)c(Cl)c1. The van der Waals surface area contributed by atoms with Gasteiger partial charge in [0.2, 0.25) is 0 Å². The molecule has 0 spiro atoms. The molecule has 4 nitrogen and oxygen atoms in total. The van der Waals surface area contributed by atoms with Crippen LogP contribution in [0.3, 0.4) is 0 Å². The second kappa shape index (κ2) is 5.59. The summed E-state index contributed by atoms with van der Waals surface area (Å²) in [6, 6.07) is 7.40. The fourth-order valence-corrected chi connectivity index (χ4v) is 1.83. The first-order valence-electron chi connectivity index (χ1n) is 5.52. The molecule has 0 saturated heterocycles. The van der Waals surface area contributed by atoms with Crippen molar-refractivity contribution in [1.29, 1.82) is 0 Å². The van der Waals surface area contributed by atoms with Crippen LogP contribution in [0.4, 0.5) is 11.4 Å². The van der Waals surface area contributed by atoms with Gasteiger partial charge in [0.15, 0.2) is 0 Å². The molecule has 1 aromatic heterocycles. The Bertz CT molecular complexity index is 467. The molecule has 0 aliphatic heterocycles. The second-order valence-corrected chi connectivity index (χ2v) is 4.20. The van der Waals surface area contributed by atoms with Crippen LogP contribution >= 0.6 is 11.6 Å². The molecule has 1 aromatic carbocycles. The van der Waals surface area contributed by atoms with Crippen LogP contribution in [-0.4, -0.2) is 16.3 Å². The first-order valence-corrected chi connectivity index (χ1v) is 5.90. The Hall–Kier alpha value is -1.68. The first kappa shape index (κ1) is 11.8. The van der Waals surface area contributed by atoms with Gasteiger partial charge in [-0.05, 0) is 30.7 Å². The number of hydrogen-bond acceptors (Lipinski definition) is 3. The quantitative estimate of drug-likeness (QED) is 0.634. The molecule has 0 bridgehead atoms. The van der Waals surface area contributed by atoms with Crippen molar-refractivity contribution in [3.05, 3.63) is 41.7 Å². The third-order valence-corrected chi connectivity index (χ3v) is 2.74. The molecule has 0 saturated carbocycles. The average molecular weight is 251 g/mol. The lowest BCUT2D eigenvalue weighted by Gasteiger charge is -2.08. The maximum absolute atomic E-state index is 6.05. The smallest absolute Gasteiger partial charge is 0.0657 e. The number of nitrogens with zero attached hydrogens (tertiary/aromatic N) is 2. The van der Waals surface area contributed by atoms with Crippen molar-refractivity contribution in [2.75, 3.05) is 17.6 Å². The molecule has 2 rings (SSSR count). The van der Waals surface area contributed by atoms with Crippen LogP contribution in [0.1, 0.15) is 6.42 Å².